The van der Waals surface area contributed by atoms with Crippen LogP contribution in [0.4, 0.5) is 4.79 Å². The van der Waals surface area contributed by atoms with Crippen molar-refractivity contribution in [2.75, 3.05) is 6.54 Å². The normalized spacial score (nSPS) is 11.6. The zero-order valence-corrected chi connectivity index (χ0v) is 13.7. The fourth-order valence-corrected chi connectivity index (χ4v) is 2.37. The average Bonchev–Trinajstić information content (AvgIpc) is 2.32. The van der Waals surface area contributed by atoms with Crippen molar-refractivity contribution in [1.82, 2.24) is 10.6 Å². The lowest BCUT2D eigenvalue weighted by atomic mass is 10.3. The summed E-state index contributed by atoms with van der Waals surface area (Å²) in [6, 6.07) is 4.81. The molecular weight excluding hydrogens is 380 g/mol. The fourth-order valence-electron chi connectivity index (χ4n) is 1.23. The van der Waals surface area contributed by atoms with E-state index in [4.69, 9.17) is 4.74 Å². The van der Waals surface area contributed by atoms with Gasteiger partial charge in [-0.2, -0.15) is 0 Å². The summed E-state index contributed by atoms with van der Waals surface area (Å²) in [5.74, 6) is 0.0301. The number of urea groups is 1. The van der Waals surface area contributed by atoms with Crippen molar-refractivity contribution in [3.05, 3.63) is 27.1 Å². The minimum Gasteiger partial charge on any atom is -0.480 e. The molecule has 7 heteroatoms. The number of nitrogens with one attached hydrogen (secondary N) is 2. The van der Waals surface area contributed by atoms with Crippen molar-refractivity contribution < 1.29 is 14.3 Å². The number of carbonyl (C=O) groups excluding carboxylic acids is 2. The lowest BCUT2D eigenvalue weighted by Gasteiger charge is -2.15. The summed E-state index contributed by atoms with van der Waals surface area (Å²) in [6.07, 6.45) is -0.778. The van der Waals surface area contributed by atoms with E-state index in [2.05, 4.69) is 42.5 Å². The van der Waals surface area contributed by atoms with Crippen LogP contribution in [-0.4, -0.2) is 24.6 Å². The zero-order valence-electron chi connectivity index (χ0n) is 10.5. The molecule has 0 bridgehead atoms. The Balaban J connectivity index is 2.61. The van der Waals surface area contributed by atoms with Gasteiger partial charge in [-0.05, 0) is 48.0 Å². The van der Waals surface area contributed by atoms with Crippen LogP contribution in [0.3, 0.4) is 0 Å². The van der Waals surface area contributed by atoms with Crippen LogP contribution >= 0.6 is 31.9 Å². The molecule has 1 atom stereocenters. The number of hydrogen-bond donors (Lipinski definition) is 2. The van der Waals surface area contributed by atoms with Crippen LogP contribution in [-0.2, 0) is 4.79 Å². The number of hydrogen-bond acceptors (Lipinski definition) is 3. The van der Waals surface area contributed by atoms with Gasteiger partial charge in [0.1, 0.15) is 5.75 Å². The average molecular weight is 394 g/mol. The van der Waals surface area contributed by atoms with Gasteiger partial charge in [-0.25, -0.2) is 4.79 Å². The van der Waals surface area contributed by atoms with E-state index >= 15 is 0 Å². The first-order chi connectivity index (χ1) is 8.93. The van der Waals surface area contributed by atoms with Crippen molar-refractivity contribution in [1.29, 1.82) is 0 Å². The van der Waals surface area contributed by atoms with Crippen LogP contribution in [0.15, 0.2) is 27.1 Å². The summed E-state index contributed by atoms with van der Waals surface area (Å²) in [4.78, 5) is 22.9. The maximum Gasteiger partial charge on any atom is 0.321 e. The molecule has 1 aromatic carbocycles. The van der Waals surface area contributed by atoms with Gasteiger partial charge >= 0.3 is 6.03 Å². The van der Waals surface area contributed by atoms with Crippen LogP contribution < -0.4 is 15.4 Å². The van der Waals surface area contributed by atoms with Crippen LogP contribution in [0, 0.1) is 0 Å². The highest BCUT2D eigenvalue weighted by Crippen LogP contribution is 2.28. The molecule has 5 nitrogen and oxygen atoms in total. The summed E-state index contributed by atoms with van der Waals surface area (Å²) in [5.41, 5.74) is 0. The van der Waals surface area contributed by atoms with Crippen LogP contribution in [0.1, 0.15) is 13.8 Å². The van der Waals surface area contributed by atoms with Gasteiger partial charge in [0.15, 0.2) is 6.10 Å². The van der Waals surface area contributed by atoms with Crippen molar-refractivity contribution in [2.24, 2.45) is 0 Å². The van der Waals surface area contributed by atoms with Gasteiger partial charge in [-0.15, -0.1) is 0 Å². The highest BCUT2D eigenvalue weighted by atomic mass is 79.9. The van der Waals surface area contributed by atoms with E-state index in [1.165, 1.54) is 0 Å². The van der Waals surface area contributed by atoms with Crippen molar-refractivity contribution >= 4 is 43.8 Å². The molecule has 0 radical (unpaired) electrons. The molecule has 2 N–H and O–H groups in total. The van der Waals surface area contributed by atoms with Gasteiger partial charge in [0.05, 0.1) is 4.47 Å². The highest BCUT2D eigenvalue weighted by molar-refractivity contribution is 9.11. The summed E-state index contributed by atoms with van der Waals surface area (Å²) in [7, 11) is 0. The van der Waals surface area contributed by atoms with Gasteiger partial charge in [-0.3, -0.25) is 10.1 Å². The summed E-state index contributed by atoms with van der Waals surface area (Å²) < 4.78 is 7.10. The van der Waals surface area contributed by atoms with Gasteiger partial charge in [0.2, 0.25) is 0 Å². The SMILES string of the molecule is CCNC(=O)NC(=O)[C@H](C)Oc1ccc(Br)cc1Br. The minimum absolute atomic E-state index is 0.451. The number of carbonyl (C=O) groups is 2. The third-order valence-electron chi connectivity index (χ3n) is 2.14. The van der Waals surface area contributed by atoms with Gasteiger partial charge in [0.25, 0.3) is 5.91 Å². The second kappa shape index (κ2) is 7.49. The second-order valence-corrected chi connectivity index (χ2v) is 5.45. The molecule has 0 saturated carbocycles. The Morgan fingerprint density at radius 3 is 2.63 bits per heavy atom. The highest BCUT2D eigenvalue weighted by Gasteiger charge is 2.18. The first-order valence-electron chi connectivity index (χ1n) is 5.64. The summed E-state index contributed by atoms with van der Waals surface area (Å²) in [5, 5.41) is 4.67. The van der Waals surface area contributed by atoms with Crippen molar-refractivity contribution in [2.45, 2.75) is 20.0 Å². The van der Waals surface area contributed by atoms with E-state index in [0.29, 0.717) is 12.3 Å². The molecule has 0 fully saturated rings. The molecule has 1 aromatic rings. The Morgan fingerprint density at radius 2 is 2.05 bits per heavy atom. The predicted octanol–water partition coefficient (Wildman–Crippen LogP) is 2.82. The first-order valence-corrected chi connectivity index (χ1v) is 7.23. The zero-order chi connectivity index (χ0) is 14.4. The van der Waals surface area contributed by atoms with Gasteiger partial charge in [-0.1, -0.05) is 15.9 Å². The van der Waals surface area contributed by atoms with Crippen LogP contribution in [0.5, 0.6) is 5.75 Å². The number of rotatable bonds is 4. The number of imide groups is 1. The van der Waals surface area contributed by atoms with E-state index < -0.39 is 18.0 Å². The number of amides is 3. The first kappa shape index (κ1) is 16.0. The molecule has 0 aromatic heterocycles. The predicted molar refractivity (Wildman–Crippen MR) is 79.1 cm³/mol. The fraction of sp³-hybridized carbons (Fsp3) is 0.333. The molecule has 1 rings (SSSR count). The van der Waals surface area contributed by atoms with Crippen LogP contribution in [0.2, 0.25) is 0 Å². The smallest absolute Gasteiger partial charge is 0.321 e. The largest absolute Gasteiger partial charge is 0.480 e. The number of benzene rings is 1. The monoisotopic (exact) mass is 392 g/mol. The van der Waals surface area contributed by atoms with E-state index in [-0.39, 0.29) is 0 Å². The Hall–Kier alpha value is -1.08. The lowest BCUT2D eigenvalue weighted by molar-refractivity contribution is -0.126. The third-order valence-corrected chi connectivity index (χ3v) is 3.25. The number of ether oxygens (including phenoxy) is 1. The summed E-state index contributed by atoms with van der Waals surface area (Å²) >= 11 is 6.66. The van der Waals surface area contributed by atoms with Crippen molar-refractivity contribution in [3.8, 4) is 5.75 Å². The van der Waals surface area contributed by atoms with E-state index in [0.717, 1.165) is 8.95 Å². The van der Waals surface area contributed by atoms with Crippen LogP contribution in [0.25, 0.3) is 0 Å². The minimum atomic E-state index is -0.778. The van der Waals surface area contributed by atoms with E-state index in [1.807, 2.05) is 6.07 Å². The molecule has 0 spiro atoms. The standard InChI is InChI=1S/C12H14Br2N2O3/c1-3-15-12(18)16-11(17)7(2)19-10-5-4-8(13)6-9(10)14/h4-7H,3H2,1-2H3,(H2,15,16,17,18)/t7-/m0/s1. The Bertz CT molecular complexity index is 480. The maximum absolute atomic E-state index is 11.7. The topological polar surface area (TPSA) is 67.4 Å². The molecule has 0 saturated heterocycles. The second-order valence-electron chi connectivity index (χ2n) is 3.68. The van der Waals surface area contributed by atoms with E-state index in [1.54, 1.807) is 26.0 Å². The van der Waals surface area contributed by atoms with E-state index in [9.17, 15) is 9.59 Å². The number of halogens is 2. The van der Waals surface area contributed by atoms with Gasteiger partial charge in [0, 0.05) is 11.0 Å². The Kier molecular flexibility index (Phi) is 6.30. The molecule has 3 amide bonds. The summed E-state index contributed by atoms with van der Waals surface area (Å²) in [6.45, 7) is 3.79. The molecule has 0 aliphatic rings. The Labute approximate surface area is 128 Å². The molecule has 19 heavy (non-hydrogen) atoms. The molecule has 0 unspecified atom stereocenters. The third kappa shape index (κ3) is 5.20. The molecule has 0 heterocycles. The Morgan fingerprint density at radius 1 is 1.37 bits per heavy atom. The maximum atomic E-state index is 11.7. The quantitative estimate of drug-likeness (QED) is 0.826. The molecule has 0 aliphatic carbocycles. The van der Waals surface area contributed by atoms with Crippen molar-refractivity contribution in [3.63, 3.8) is 0 Å². The lowest BCUT2D eigenvalue weighted by Crippen LogP contribution is -2.45. The molecule has 0 aliphatic heterocycles. The van der Waals surface area contributed by atoms with Gasteiger partial charge < -0.3 is 10.1 Å². The molecule has 104 valence electrons. The molecular formula is C12H14Br2N2O3.